The Morgan fingerprint density at radius 2 is 1.95 bits per heavy atom. The van der Waals surface area contributed by atoms with E-state index in [4.69, 9.17) is 14.2 Å². The molecule has 1 aliphatic rings. The van der Waals surface area contributed by atoms with Crippen molar-refractivity contribution in [2.24, 2.45) is 0 Å². The third-order valence-corrected chi connectivity index (χ3v) is 3.26. The molecular formula is C16H20O5. The van der Waals surface area contributed by atoms with E-state index in [-0.39, 0.29) is 12.3 Å². The van der Waals surface area contributed by atoms with E-state index in [1.54, 1.807) is 18.2 Å². The Labute approximate surface area is 124 Å². The zero-order valence-electron chi connectivity index (χ0n) is 12.2. The number of aldehydes is 1. The van der Waals surface area contributed by atoms with Crippen LogP contribution in [0.15, 0.2) is 18.2 Å². The lowest BCUT2D eigenvalue weighted by atomic mass is 10.1. The summed E-state index contributed by atoms with van der Waals surface area (Å²) in [5, 5.41) is 0. The average molecular weight is 292 g/mol. The van der Waals surface area contributed by atoms with Gasteiger partial charge in [0, 0.05) is 18.9 Å². The molecule has 0 aromatic heterocycles. The van der Waals surface area contributed by atoms with Gasteiger partial charge in [-0.15, -0.1) is 0 Å². The number of esters is 1. The Morgan fingerprint density at radius 3 is 2.71 bits per heavy atom. The number of ether oxygens (including phenoxy) is 3. The largest absolute Gasteiger partial charge is 0.466 e. The standard InChI is InChI=1S/C16H20O5/c1-12(18)19-9-5-3-2-4-6-16-20-14-8-7-13(11-17)10-15(14)21-16/h7-8,10-11,16H,2-6,9H2,1H3. The van der Waals surface area contributed by atoms with Gasteiger partial charge in [0.25, 0.3) is 0 Å². The first kappa shape index (κ1) is 15.4. The first-order chi connectivity index (χ1) is 10.2. The van der Waals surface area contributed by atoms with Crippen LogP contribution in [0.3, 0.4) is 0 Å². The fraction of sp³-hybridized carbons (Fsp3) is 0.500. The summed E-state index contributed by atoms with van der Waals surface area (Å²) in [6, 6.07) is 5.17. The smallest absolute Gasteiger partial charge is 0.302 e. The summed E-state index contributed by atoms with van der Waals surface area (Å²) in [6.07, 6.45) is 5.26. The van der Waals surface area contributed by atoms with Crippen LogP contribution in [0.1, 0.15) is 49.4 Å². The highest BCUT2D eigenvalue weighted by Gasteiger charge is 2.23. The van der Waals surface area contributed by atoms with Crippen LogP contribution in [0.5, 0.6) is 11.5 Å². The zero-order valence-corrected chi connectivity index (χ0v) is 12.2. The van der Waals surface area contributed by atoms with Gasteiger partial charge < -0.3 is 14.2 Å². The molecule has 21 heavy (non-hydrogen) atoms. The highest BCUT2D eigenvalue weighted by Crippen LogP contribution is 2.36. The van der Waals surface area contributed by atoms with E-state index in [0.29, 0.717) is 23.7 Å². The minimum absolute atomic E-state index is 0.227. The highest BCUT2D eigenvalue weighted by molar-refractivity contribution is 5.76. The molecule has 0 N–H and O–H groups in total. The molecule has 1 aromatic rings. The number of unbranched alkanes of at least 4 members (excludes halogenated alkanes) is 3. The van der Waals surface area contributed by atoms with Gasteiger partial charge in [-0.05, 0) is 31.0 Å². The molecule has 0 radical (unpaired) electrons. The fourth-order valence-corrected chi connectivity index (χ4v) is 2.20. The maximum absolute atomic E-state index is 10.7. The number of hydrogen-bond donors (Lipinski definition) is 0. The Morgan fingerprint density at radius 1 is 1.19 bits per heavy atom. The Kier molecular flexibility index (Phi) is 5.60. The van der Waals surface area contributed by atoms with E-state index >= 15 is 0 Å². The maximum atomic E-state index is 10.7. The number of carbonyl (C=O) groups excluding carboxylic acids is 2. The summed E-state index contributed by atoms with van der Waals surface area (Å²) in [6.45, 7) is 1.91. The van der Waals surface area contributed by atoms with Crippen LogP contribution in [0.4, 0.5) is 0 Å². The molecule has 1 unspecified atom stereocenters. The second-order valence-electron chi connectivity index (χ2n) is 5.03. The first-order valence-electron chi connectivity index (χ1n) is 7.25. The predicted molar refractivity (Wildman–Crippen MR) is 76.6 cm³/mol. The number of carbonyl (C=O) groups is 2. The van der Waals surface area contributed by atoms with Crippen molar-refractivity contribution in [3.63, 3.8) is 0 Å². The molecule has 0 fully saturated rings. The molecule has 1 aliphatic heterocycles. The van der Waals surface area contributed by atoms with E-state index in [2.05, 4.69) is 0 Å². The van der Waals surface area contributed by atoms with Gasteiger partial charge in [0.1, 0.15) is 6.29 Å². The van der Waals surface area contributed by atoms with Crippen molar-refractivity contribution in [2.45, 2.75) is 45.3 Å². The Bertz CT molecular complexity index is 497. The van der Waals surface area contributed by atoms with Crippen LogP contribution >= 0.6 is 0 Å². The molecule has 0 amide bonds. The molecule has 5 heteroatoms. The summed E-state index contributed by atoms with van der Waals surface area (Å²) in [7, 11) is 0. The Balaban J connectivity index is 1.61. The van der Waals surface area contributed by atoms with Crippen molar-refractivity contribution in [1.29, 1.82) is 0 Å². The molecule has 0 aliphatic carbocycles. The zero-order chi connectivity index (χ0) is 15.1. The molecule has 2 rings (SSSR count). The van der Waals surface area contributed by atoms with E-state index in [1.165, 1.54) is 6.92 Å². The van der Waals surface area contributed by atoms with Gasteiger partial charge in [-0.2, -0.15) is 0 Å². The lowest BCUT2D eigenvalue weighted by Gasteiger charge is -2.09. The maximum Gasteiger partial charge on any atom is 0.302 e. The van der Waals surface area contributed by atoms with Crippen molar-refractivity contribution >= 4 is 12.3 Å². The normalized spacial score (nSPS) is 15.8. The van der Waals surface area contributed by atoms with E-state index in [1.807, 2.05) is 0 Å². The van der Waals surface area contributed by atoms with E-state index in [0.717, 1.165) is 38.4 Å². The van der Waals surface area contributed by atoms with Crippen molar-refractivity contribution < 1.29 is 23.8 Å². The molecule has 0 saturated heterocycles. The summed E-state index contributed by atoms with van der Waals surface area (Å²) in [5.41, 5.74) is 0.587. The van der Waals surface area contributed by atoms with Gasteiger partial charge >= 0.3 is 5.97 Å². The number of hydrogen-bond acceptors (Lipinski definition) is 5. The molecule has 114 valence electrons. The van der Waals surface area contributed by atoms with Crippen LogP contribution in [-0.2, 0) is 9.53 Å². The van der Waals surface area contributed by atoms with E-state index in [9.17, 15) is 9.59 Å². The van der Waals surface area contributed by atoms with Crippen LogP contribution in [0.2, 0.25) is 0 Å². The van der Waals surface area contributed by atoms with Gasteiger partial charge in [-0.3, -0.25) is 9.59 Å². The Hall–Kier alpha value is -2.04. The second-order valence-corrected chi connectivity index (χ2v) is 5.03. The molecule has 1 atom stereocenters. The lowest BCUT2D eigenvalue weighted by Crippen LogP contribution is -2.17. The number of fused-ring (bicyclic) bond motifs is 1. The monoisotopic (exact) mass is 292 g/mol. The molecule has 0 spiro atoms. The van der Waals surface area contributed by atoms with Crippen molar-refractivity contribution in [3.8, 4) is 11.5 Å². The van der Waals surface area contributed by atoms with Gasteiger partial charge in [-0.1, -0.05) is 12.8 Å². The van der Waals surface area contributed by atoms with Crippen molar-refractivity contribution in [1.82, 2.24) is 0 Å². The van der Waals surface area contributed by atoms with Crippen molar-refractivity contribution in [3.05, 3.63) is 23.8 Å². The highest BCUT2D eigenvalue weighted by atomic mass is 16.7. The molecule has 0 saturated carbocycles. The van der Waals surface area contributed by atoms with Gasteiger partial charge in [0.15, 0.2) is 11.5 Å². The third kappa shape index (κ3) is 4.77. The van der Waals surface area contributed by atoms with Crippen LogP contribution in [-0.4, -0.2) is 25.2 Å². The molecule has 0 bridgehead atoms. The van der Waals surface area contributed by atoms with E-state index < -0.39 is 0 Å². The second kappa shape index (κ2) is 7.67. The van der Waals surface area contributed by atoms with Gasteiger partial charge in [0.2, 0.25) is 6.29 Å². The molecular weight excluding hydrogens is 272 g/mol. The minimum atomic E-state index is -0.268. The molecule has 1 heterocycles. The van der Waals surface area contributed by atoms with Crippen LogP contribution < -0.4 is 9.47 Å². The van der Waals surface area contributed by atoms with Gasteiger partial charge in [0.05, 0.1) is 6.61 Å². The SMILES string of the molecule is CC(=O)OCCCCCCC1Oc2ccc(C=O)cc2O1. The first-order valence-corrected chi connectivity index (χ1v) is 7.25. The molecule has 5 nitrogen and oxygen atoms in total. The summed E-state index contributed by atoms with van der Waals surface area (Å²) < 4.78 is 16.2. The average Bonchev–Trinajstić information content (AvgIpc) is 2.87. The summed E-state index contributed by atoms with van der Waals surface area (Å²) in [4.78, 5) is 21.3. The van der Waals surface area contributed by atoms with Gasteiger partial charge in [-0.25, -0.2) is 0 Å². The number of rotatable bonds is 8. The van der Waals surface area contributed by atoms with Crippen LogP contribution in [0, 0.1) is 0 Å². The predicted octanol–water partition coefficient (Wildman–Crippen LogP) is 3.11. The topological polar surface area (TPSA) is 61.8 Å². The summed E-state index contributed by atoms with van der Waals surface area (Å²) >= 11 is 0. The third-order valence-electron chi connectivity index (χ3n) is 3.26. The lowest BCUT2D eigenvalue weighted by molar-refractivity contribution is -0.141. The summed E-state index contributed by atoms with van der Waals surface area (Å²) in [5.74, 6) is 1.11. The quantitative estimate of drug-likeness (QED) is 0.418. The number of benzene rings is 1. The minimum Gasteiger partial charge on any atom is -0.466 e. The fourth-order valence-electron chi connectivity index (χ4n) is 2.20. The molecule has 1 aromatic carbocycles. The van der Waals surface area contributed by atoms with Crippen LogP contribution in [0.25, 0.3) is 0 Å². The van der Waals surface area contributed by atoms with Crippen molar-refractivity contribution in [2.75, 3.05) is 6.61 Å².